The van der Waals surface area contributed by atoms with E-state index in [1.165, 1.54) is 24.3 Å². The number of nitrogens with zero attached hydrogens (tertiary/aromatic N) is 1. The molecule has 32 heavy (non-hydrogen) atoms. The molecule has 0 heterocycles. The Bertz CT molecular complexity index is 1230. The number of carboxylic acid groups (broad SMARTS) is 1. The average Bonchev–Trinajstić information content (AvgIpc) is 2.78. The number of aromatic carboxylic acids is 1. The third-order valence-electron chi connectivity index (χ3n) is 4.31. The van der Waals surface area contributed by atoms with Crippen molar-refractivity contribution in [3.63, 3.8) is 0 Å². The molecule has 0 aliphatic carbocycles. The van der Waals surface area contributed by atoms with E-state index in [-0.39, 0.29) is 16.8 Å². The van der Waals surface area contributed by atoms with Crippen molar-refractivity contribution in [2.24, 2.45) is 0 Å². The monoisotopic (exact) mass is 510 g/mol. The largest absolute Gasteiger partial charge is 0.488 e. The van der Waals surface area contributed by atoms with Crippen molar-refractivity contribution in [2.75, 3.05) is 5.32 Å². The number of carbonyl (C=O) groups is 2. The fourth-order valence-electron chi connectivity index (χ4n) is 2.71. The summed E-state index contributed by atoms with van der Waals surface area (Å²) in [5.41, 5.74) is 1.75. The zero-order valence-electron chi connectivity index (χ0n) is 16.5. The van der Waals surface area contributed by atoms with E-state index >= 15 is 0 Å². The third-order valence-corrected chi connectivity index (χ3v) is 5.18. The molecular weight excluding hydrogens is 496 g/mol. The highest BCUT2D eigenvalue weighted by molar-refractivity contribution is 9.10. The van der Waals surface area contributed by atoms with Gasteiger partial charge in [0.2, 0.25) is 0 Å². The summed E-state index contributed by atoms with van der Waals surface area (Å²) in [5.74, 6) is -1.15. The first kappa shape index (κ1) is 23.1. The van der Waals surface area contributed by atoms with Crippen LogP contribution in [0.2, 0.25) is 5.02 Å². The second kappa shape index (κ2) is 10.6. The summed E-state index contributed by atoms with van der Waals surface area (Å²) in [7, 11) is 0. The maximum Gasteiger partial charge on any atom is 0.335 e. The predicted molar refractivity (Wildman–Crippen MR) is 126 cm³/mol. The molecule has 0 aliphatic rings. The Balaban J connectivity index is 1.71. The number of rotatable bonds is 7. The molecule has 0 fully saturated rings. The fourth-order valence-corrected chi connectivity index (χ4v) is 3.35. The van der Waals surface area contributed by atoms with Crippen molar-refractivity contribution in [3.8, 4) is 11.8 Å². The average molecular weight is 512 g/mol. The molecule has 0 spiro atoms. The fraction of sp³-hybridized carbons (Fsp3) is 0.0417. The molecule has 0 aromatic heterocycles. The lowest BCUT2D eigenvalue weighted by Crippen LogP contribution is -2.13. The van der Waals surface area contributed by atoms with Crippen LogP contribution in [0.1, 0.15) is 21.5 Å². The Labute approximate surface area is 197 Å². The molecule has 0 saturated carbocycles. The van der Waals surface area contributed by atoms with E-state index in [1.54, 1.807) is 36.4 Å². The van der Waals surface area contributed by atoms with Crippen LogP contribution in [0.4, 0.5) is 5.69 Å². The maximum atomic E-state index is 12.5. The molecule has 1 amide bonds. The SMILES string of the molecule is N#C/C(=C/c1ccc(OCc2ccc(Cl)cc2)c(Br)c1)C(=O)Nc1cccc(C(=O)O)c1. The molecule has 6 nitrogen and oxygen atoms in total. The summed E-state index contributed by atoms with van der Waals surface area (Å²) in [6.07, 6.45) is 1.43. The molecule has 3 rings (SSSR count). The van der Waals surface area contributed by atoms with Crippen molar-refractivity contribution < 1.29 is 19.4 Å². The highest BCUT2D eigenvalue weighted by atomic mass is 79.9. The van der Waals surface area contributed by atoms with Gasteiger partial charge in [0, 0.05) is 10.7 Å². The van der Waals surface area contributed by atoms with Gasteiger partial charge < -0.3 is 15.2 Å². The van der Waals surface area contributed by atoms with Gasteiger partial charge in [-0.1, -0.05) is 35.9 Å². The summed E-state index contributed by atoms with van der Waals surface area (Å²) in [4.78, 5) is 23.5. The Morgan fingerprint density at radius 2 is 1.88 bits per heavy atom. The molecule has 0 bridgehead atoms. The second-order valence-corrected chi connectivity index (χ2v) is 7.91. The predicted octanol–water partition coefficient (Wildman–Crippen LogP) is 5.93. The standard InChI is InChI=1S/C24H16BrClN2O4/c25-21-11-16(6-9-22(21)32-14-15-4-7-19(26)8-5-15)10-18(13-27)23(29)28-20-3-1-2-17(12-20)24(30)31/h1-12H,14H2,(H,28,29)(H,30,31)/b18-10-. The molecule has 0 unspecified atom stereocenters. The first-order valence-electron chi connectivity index (χ1n) is 9.29. The van der Waals surface area contributed by atoms with Gasteiger partial charge in [0.05, 0.1) is 10.0 Å². The van der Waals surface area contributed by atoms with Gasteiger partial charge in [0.25, 0.3) is 5.91 Å². The number of ether oxygens (including phenoxy) is 1. The molecule has 0 saturated heterocycles. The Kier molecular flexibility index (Phi) is 7.66. The molecule has 3 aromatic carbocycles. The van der Waals surface area contributed by atoms with Gasteiger partial charge in [-0.15, -0.1) is 0 Å². The lowest BCUT2D eigenvalue weighted by atomic mass is 10.1. The number of anilines is 1. The molecular formula is C24H16BrClN2O4. The Hall–Kier alpha value is -3.60. The van der Waals surface area contributed by atoms with Crippen molar-refractivity contribution in [2.45, 2.75) is 6.61 Å². The minimum atomic E-state index is -1.11. The smallest absolute Gasteiger partial charge is 0.335 e. The molecule has 0 atom stereocenters. The van der Waals surface area contributed by atoms with E-state index in [1.807, 2.05) is 18.2 Å². The first-order chi connectivity index (χ1) is 15.4. The number of nitrogens with one attached hydrogen (secondary N) is 1. The van der Waals surface area contributed by atoms with E-state index in [0.717, 1.165) is 5.56 Å². The summed E-state index contributed by atoms with van der Waals surface area (Å²) in [6.45, 7) is 0.353. The van der Waals surface area contributed by atoms with E-state index in [0.29, 0.717) is 27.4 Å². The topological polar surface area (TPSA) is 99.4 Å². The van der Waals surface area contributed by atoms with E-state index in [2.05, 4.69) is 21.2 Å². The summed E-state index contributed by atoms with van der Waals surface area (Å²) in [5, 5.41) is 21.7. The van der Waals surface area contributed by atoms with Crippen LogP contribution in [0, 0.1) is 11.3 Å². The quantitative estimate of drug-likeness (QED) is 0.303. The van der Waals surface area contributed by atoms with Crippen molar-refractivity contribution >= 4 is 51.2 Å². The van der Waals surface area contributed by atoms with Crippen molar-refractivity contribution in [3.05, 3.63) is 98.5 Å². The lowest BCUT2D eigenvalue weighted by Gasteiger charge is -2.09. The summed E-state index contributed by atoms with van der Waals surface area (Å²) < 4.78 is 6.46. The van der Waals surface area contributed by atoms with Crippen LogP contribution in [0.15, 0.2) is 76.8 Å². The summed E-state index contributed by atoms with van der Waals surface area (Å²) in [6, 6.07) is 20.1. The maximum absolute atomic E-state index is 12.5. The third kappa shape index (κ3) is 6.20. The molecule has 0 radical (unpaired) electrons. The number of halogens is 2. The van der Waals surface area contributed by atoms with E-state index in [9.17, 15) is 14.9 Å². The van der Waals surface area contributed by atoms with Crippen LogP contribution in [0.5, 0.6) is 5.75 Å². The number of hydrogen-bond acceptors (Lipinski definition) is 4. The normalized spacial score (nSPS) is 10.8. The van der Waals surface area contributed by atoms with Crippen LogP contribution >= 0.6 is 27.5 Å². The molecule has 3 aromatic rings. The van der Waals surface area contributed by atoms with Crippen LogP contribution < -0.4 is 10.1 Å². The number of carbonyl (C=O) groups excluding carboxylic acids is 1. The zero-order chi connectivity index (χ0) is 23.1. The van der Waals surface area contributed by atoms with Crippen LogP contribution in [-0.4, -0.2) is 17.0 Å². The van der Waals surface area contributed by atoms with E-state index < -0.39 is 11.9 Å². The van der Waals surface area contributed by atoms with Gasteiger partial charge in [-0.05, 0) is 75.6 Å². The van der Waals surface area contributed by atoms with Gasteiger partial charge in [-0.25, -0.2) is 4.79 Å². The van der Waals surface area contributed by atoms with Crippen LogP contribution in [0.3, 0.4) is 0 Å². The van der Waals surface area contributed by atoms with Gasteiger partial charge in [-0.2, -0.15) is 5.26 Å². The first-order valence-corrected chi connectivity index (χ1v) is 10.5. The number of carboxylic acids is 1. The molecule has 0 aliphatic heterocycles. The Morgan fingerprint density at radius 3 is 2.53 bits per heavy atom. The molecule has 160 valence electrons. The van der Waals surface area contributed by atoms with Gasteiger partial charge in [-0.3, -0.25) is 4.79 Å². The van der Waals surface area contributed by atoms with E-state index in [4.69, 9.17) is 21.4 Å². The van der Waals surface area contributed by atoms with Crippen LogP contribution in [-0.2, 0) is 11.4 Å². The minimum Gasteiger partial charge on any atom is -0.488 e. The zero-order valence-corrected chi connectivity index (χ0v) is 18.9. The number of amides is 1. The highest BCUT2D eigenvalue weighted by Gasteiger charge is 2.12. The van der Waals surface area contributed by atoms with Gasteiger partial charge in [0.15, 0.2) is 0 Å². The highest BCUT2D eigenvalue weighted by Crippen LogP contribution is 2.28. The van der Waals surface area contributed by atoms with Crippen molar-refractivity contribution in [1.29, 1.82) is 5.26 Å². The van der Waals surface area contributed by atoms with Crippen LogP contribution in [0.25, 0.3) is 6.08 Å². The lowest BCUT2D eigenvalue weighted by molar-refractivity contribution is -0.112. The second-order valence-electron chi connectivity index (χ2n) is 6.61. The van der Waals surface area contributed by atoms with Gasteiger partial charge in [0.1, 0.15) is 24.0 Å². The van der Waals surface area contributed by atoms with Crippen molar-refractivity contribution in [1.82, 2.24) is 0 Å². The number of hydrogen-bond donors (Lipinski definition) is 2. The number of nitriles is 1. The summed E-state index contributed by atoms with van der Waals surface area (Å²) >= 11 is 9.33. The minimum absolute atomic E-state index is 0.0309. The Morgan fingerprint density at radius 1 is 1.12 bits per heavy atom. The van der Waals surface area contributed by atoms with Gasteiger partial charge >= 0.3 is 5.97 Å². The molecule has 8 heteroatoms. The molecule has 2 N–H and O–H groups in total. The number of benzene rings is 3.